The lowest BCUT2D eigenvalue weighted by atomic mass is 10.2. The average molecular weight is 266 g/mol. The van der Waals surface area contributed by atoms with Crippen LogP contribution in [0.5, 0.6) is 0 Å². The van der Waals surface area contributed by atoms with Gasteiger partial charge in [-0.3, -0.25) is 4.79 Å². The summed E-state index contributed by atoms with van der Waals surface area (Å²) in [6, 6.07) is 4.14. The van der Waals surface area contributed by atoms with Crippen LogP contribution in [0.4, 0.5) is 0 Å². The molecule has 1 aliphatic carbocycles. The number of hydrogen-bond donors (Lipinski definition) is 2. The zero-order valence-corrected chi connectivity index (χ0v) is 10.9. The van der Waals surface area contributed by atoms with Gasteiger partial charge in [0, 0.05) is 22.0 Å². The number of carbonyl (C=O) groups excluding carboxylic acids is 1. The van der Waals surface area contributed by atoms with E-state index in [2.05, 4.69) is 11.4 Å². The Morgan fingerprint density at radius 2 is 2.35 bits per heavy atom. The molecule has 3 N–H and O–H groups in total. The lowest BCUT2D eigenvalue weighted by Gasteiger charge is -2.10. The van der Waals surface area contributed by atoms with E-state index in [9.17, 15) is 4.79 Å². The first-order chi connectivity index (χ1) is 8.24. The summed E-state index contributed by atoms with van der Waals surface area (Å²) < 4.78 is 2.37. The van der Waals surface area contributed by atoms with Crippen molar-refractivity contribution < 1.29 is 4.79 Å². The van der Waals surface area contributed by atoms with Crippen LogP contribution in [-0.4, -0.2) is 18.5 Å². The van der Waals surface area contributed by atoms with Crippen molar-refractivity contribution in [3.05, 3.63) is 22.4 Å². The van der Waals surface area contributed by atoms with Gasteiger partial charge in [0.2, 0.25) is 0 Å². The number of hydrogen-bond acceptors (Lipinski definition) is 4. The van der Waals surface area contributed by atoms with Crippen molar-refractivity contribution in [1.82, 2.24) is 5.32 Å². The molecule has 90 valence electrons. The van der Waals surface area contributed by atoms with E-state index in [-0.39, 0.29) is 11.9 Å². The van der Waals surface area contributed by atoms with E-state index in [4.69, 9.17) is 5.73 Å². The van der Waals surface area contributed by atoms with E-state index in [1.807, 2.05) is 11.4 Å². The Balaban J connectivity index is 1.63. The highest BCUT2D eigenvalue weighted by molar-refractivity contribution is 7.27. The first kappa shape index (κ1) is 11.2. The molecule has 2 heterocycles. The number of rotatable bonds is 4. The standard InChI is InChI=1S/C12H14N2OS2/c13-8(7-1-2-7)6-14-12(15)11-5-10-9(17-11)3-4-16-10/h3-5,7-8H,1-2,6,13H2,(H,14,15). The Morgan fingerprint density at radius 3 is 3.06 bits per heavy atom. The van der Waals surface area contributed by atoms with Crippen molar-refractivity contribution >= 4 is 38.0 Å². The monoisotopic (exact) mass is 266 g/mol. The average Bonchev–Trinajstić information content (AvgIpc) is 2.94. The van der Waals surface area contributed by atoms with Crippen molar-refractivity contribution in [3.63, 3.8) is 0 Å². The highest BCUT2D eigenvalue weighted by atomic mass is 32.1. The maximum absolute atomic E-state index is 11.9. The number of amides is 1. The lowest BCUT2D eigenvalue weighted by Crippen LogP contribution is -2.38. The van der Waals surface area contributed by atoms with Gasteiger partial charge in [-0.15, -0.1) is 22.7 Å². The molecule has 3 rings (SSSR count). The zero-order valence-electron chi connectivity index (χ0n) is 9.31. The van der Waals surface area contributed by atoms with Gasteiger partial charge in [0.1, 0.15) is 0 Å². The molecule has 1 aliphatic rings. The summed E-state index contributed by atoms with van der Waals surface area (Å²) in [5.41, 5.74) is 5.95. The molecular formula is C12H14N2OS2. The number of fused-ring (bicyclic) bond motifs is 1. The number of nitrogens with one attached hydrogen (secondary N) is 1. The minimum absolute atomic E-state index is 0.00880. The van der Waals surface area contributed by atoms with Gasteiger partial charge in [0.25, 0.3) is 5.91 Å². The molecule has 2 aromatic heterocycles. The van der Waals surface area contributed by atoms with Gasteiger partial charge in [0.05, 0.1) is 4.88 Å². The summed E-state index contributed by atoms with van der Waals surface area (Å²) in [6.45, 7) is 0.592. The number of thiophene rings is 2. The fraction of sp³-hybridized carbons (Fsp3) is 0.417. The largest absolute Gasteiger partial charge is 0.350 e. The van der Waals surface area contributed by atoms with Crippen LogP contribution in [0.3, 0.4) is 0 Å². The molecule has 5 heteroatoms. The van der Waals surface area contributed by atoms with Gasteiger partial charge >= 0.3 is 0 Å². The number of nitrogens with two attached hydrogens (primary N) is 1. The van der Waals surface area contributed by atoms with Crippen molar-refractivity contribution in [2.45, 2.75) is 18.9 Å². The predicted molar refractivity (Wildman–Crippen MR) is 72.7 cm³/mol. The lowest BCUT2D eigenvalue weighted by molar-refractivity contribution is 0.0954. The van der Waals surface area contributed by atoms with Crippen LogP contribution in [0.25, 0.3) is 9.40 Å². The molecule has 0 aliphatic heterocycles. The molecule has 1 atom stereocenters. The molecule has 3 nitrogen and oxygen atoms in total. The Morgan fingerprint density at radius 1 is 1.53 bits per heavy atom. The van der Waals surface area contributed by atoms with Gasteiger partial charge in [-0.25, -0.2) is 0 Å². The van der Waals surface area contributed by atoms with Crippen molar-refractivity contribution in [2.24, 2.45) is 11.7 Å². The molecule has 0 spiro atoms. The number of carbonyl (C=O) groups is 1. The summed E-state index contributed by atoms with van der Waals surface area (Å²) in [5, 5.41) is 4.97. The third-order valence-corrected chi connectivity index (χ3v) is 5.18. The maximum atomic E-state index is 11.9. The van der Waals surface area contributed by atoms with Crippen molar-refractivity contribution in [2.75, 3.05) is 6.54 Å². The normalized spacial score (nSPS) is 17.2. The predicted octanol–water partition coefficient (Wildman–Crippen LogP) is 2.43. The van der Waals surface area contributed by atoms with Crippen LogP contribution in [0.15, 0.2) is 17.5 Å². The smallest absolute Gasteiger partial charge is 0.261 e. The second kappa shape index (κ2) is 4.40. The third-order valence-electron chi connectivity index (χ3n) is 3.09. The van der Waals surface area contributed by atoms with Crippen LogP contribution < -0.4 is 11.1 Å². The van der Waals surface area contributed by atoms with Gasteiger partial charge < -0.3 is 11.1 Å². The van der Waals surface area contributed by atoms with Crippen LogP contribution in [0, 0.1) is 5.92 Å². The van der Waals surface area contributed by atoms with E-state index < -0.39 is 0 Å². The van der Waals surface area contributed by atoms with Crippen LogP contribution in [0.2, 0.25) is 0 Å². The third kappa shape index (κ3) is 2.36. The first-order valence-corrected chi connectivity index (χ1v) is 7.44. The second-order valence-corrected chi connectivity index (χ2v) is 6.50. The molecule has 1 saturated carbocycles. The van der Waals surface area contributed by atoms with Crippen LogP contribution >= 0.6 is 22.7 Å². The topological polar surface area (TPSA) is 55.1 Å². The molecule has 1 amide bonds. The Hall–Kier alpha value is -0.910. The molecule has 0 radical (unpaired) electrons. The van der Waals surface area contributed by atoms with E-state index in [0.29, 0.717) is 12.5 Å². The molecule has 1 unspecified atom stereocenters. The molecule has 2 aromatic rings. The van der Waals surface area contributed by atoms with Crippen LogP contribution in [0.1, 0.15) is 22.5 Å². The fourth-order valence-electron chi connectivity index (χ4n) is 1.87. The van der Waals surface area contributed by atoms with Gasteiger partial charge in [-0.1, -0.05) is 0 Å². The SMILES string of the molecule is NC(CNC(=O)c1cc2sccc2s1)C1CC1. The van der Waals surface area contributed by atoms with Crippen LogP contribution in [-0.2, 0) is 0 Å². The maximum Gasteiger partial charge on any atom is 0.261 e. The van der Waals surface area contributed by atoms with E-state index in [0.717, 1.165) is 4.88 Å². The summed E-state index contributed by atoms with van der Waals surface area (Å²) in [5.74, 6) is 0.636. The minimum atomic E-state index is 0.00880. The summed E-state index contributed by atoms with van der Waals surface area (Å²) in [4.78, 5) is 12.7. The minimum Gasteiger partial charge on any atom is -0.350 e. The van der Waals surface area contributed by atoms with Gasteiger partial charge in [-0.2, -0.15) is 0 Å². The van der Waals surface area contributed by atoms with E-state index in [1.165, 1.54) is 22.2 Å². The molecule has 17 heavy (non-hydrogen) atoms. The zero-order chi connectivity index (χ0) is 11.8. The molecule has 0 aromatic carbocycles. The fourth-order valence-corrected chi connectivity index (χ4v) is 3.89. The summed E-state index contributed by atoms with van der Waals surface area (Å²) >= 11 is 3.22. The Labute approximate surface area is 108 Å². The van der Waals surface area contributed by atoms with Gasteiger partial charge in [0.15, 0.2) is 0 Å². The molecular weight excluding hydrogens is 252 g/mol. The Kier molecular flexibility index (Phi) is 2.90. The van der Waals surface area contributed by atoms with Gasteiger partial charge in [-0.05, 0) is 36.3 Å². The molecule has 0 saturated heterocycles. The quantitative estimate of drug-likeness (QED) is 0.893. The van der Waals surface area contributed by atoms with Crippen molar-refractivity contribution in [1.29, 1.82) is 0 Å². The highest BCUT2D eigenvalue weighted by Gasteiger charge is 2.28. The summed E-state index contributed by atoms with van der Waals surface area (Å²) in [7, 11) is 0. The van der Waals surface area contributed by atoms with E-state index >= 15 is 0 Å². The Bertz CT molecular complexity index is 513. The van der Waals surface area contributed by atoms with E-state index in [1.54, 1.807) is 22.7 Å². The summed E-state index contributed by atoms with van der Waals surface area (Å²) in [6.07, 6.45) is 2.43. The molecule has 1 fully saturated rings. The highest BCUT2D eigenvalue weighted by Crippen LogP contribution is 2.32. The van der Waals surface area contributed by atoms with Crippen molar-refractivity contribution in [3.8, 4) is 0 Å². The second-order valence-electron chi connectivity index (χ2n) is 4.47. The first-order valence-electron chi connectivity index (χ1n) is 5.75. The molecule has 0 bridgehead atoms.